The van der Waals surface area contributed by atoms with Crippen LogP contribution in [0.5, 0.6) is 0 Å². The van der Waals surface area contributed by atoms with Gasteiger partial charge in [-0.15, -0.1) is 0 Å². The van der Waals surface area contributed by atoms with Gasteiger partial charge >= 0.3 is 6.18 Å². The van der Waals surface area contributed by atoms with Crippen LogP contribution in [0.1, 0.15) is 23.0 Å². The fourth-order valence-electron chi connectivity index (χ4n) is 2.54. The van der Waals surface area contributed by atoms with Crippen LogP contribution in [0.2, 0.25) is 5.28 Å². The van der Waals surface area contributed by atoms with Crippen molar-refractivity contribution in [2.24, 2.45) is 0 Å². The maximum absolute atomic E-state index is 13.0. The van der Waals surface area contributed by atoms with Crippen LogP contribution in [-0.4, -0.2) is 74.3 Å². The van der Waals surface area contributed by atoms with Gasteiger partial charge in [0.25, 0.3) is 5.91 Å². The van der Waals surface area contributed by atoms with E-state index >= 15 is 0 Å². The first-order valence-electron chi connectivity index (χ1n) is 7.76. The quantitative estimate of drug-likeness (QED) is 0.376. The van der Waals surface area contributed by atoms with E-state index in [9.17, 15) is 38.1 Å². The summed E-state index contributed by atoms with van der Waals surface area (Å²) < 4.78 is 44.0. The number of carbonyl (C=O) groups is 2. The third-order valence-corrected chi connectivity index (χ3v) is 4.01. The van der Waals surface area contributed by atoms with Crippen molar-refractivity contribution in [1.82, 2.24) is 20.6 Å². The number of aliphatic hydroxyl groups excluding tert-OH is 3. The second-order valence-electron chi connectivity index (χ2n) is 5.88. The highest BCUT2D eigenvalue weighted by atomic mass is 35.5. The number of alkyl halides is 3. The standard InChI is InChI=1S/C14H16ClF3N4O6/c1-4(23)21-7-9(25)8(24)6(28-12(7)27)3-19-11(26)5-2-20-13(15)22-10(5)14(16,17)18/h2,6-9,12,24-25,27H,3H2,1H3,(H,19,26)(H,21,23)/t6-,7-,8+,9-,12-/m1/s1. The molecule has 10 nitrogen and oxygen atoms in total. The summed E-state index contributed by atoms with van der Waals surface area (Å²) in [5.41, 5.74) is -2.47. The number of hydrogen-bond donors (Lipinski definition) is 5. The molecule has 2 heterocycles. The van der Waals surface area contributed by atoms with Gasteiger partial charge in [0.2, 0.25) is 11.2 Å². The molecule has 0 radical (unpaired) electrons. The molecule has 1 saturated heterocycles. The van der Waals surface area contributed by atoms with Gasteiger partial charge in [0.1, 0.15) is 24.4 Å². The van der Waals surface area contributed by atoms with Gasteiger partial charge in [0.05, 0.1) is 5.56 Å². The lowest BCUT2D eigenvalue weighted by Crippen LogP contribution is -2.64. The second-order valence-corrected chi connectivity index (χ2v) is 6.22. The van der Waals surface area contributed by atoms with E-state index < -0.39 is 71.7 Å². The molecule has 2 rings (SSSR count). The fraction of sp³-hybridized carbons (Fsp3) is 0.571. The average molecular weight is 429 g/mol. The molecule has 28 heavy (non-hydrogen) atoms. The minimum Gasteiger partial charge on any atom is -0.388 e. The van der Waals surface area contributed by atoms with E-state index in [0.29, 0.717) is 6.20 Å². The number of rotatable bonds is 4. The monoisotopic (exact) mass is 428 g/mol. The number of aliphatic hydroxyl groups is 3. The van der Waals surface area contributed by atoms with E-state index in [1.165, 1.54) is 0 Å². The zero-order valence-corrected chi connectivity index (χ0v) is 14.9. The zero-order chi connectivity index (χ0) is 21.2. The highest BCUT2D eigenvalue weighted by Gasteiger charge is 2.44. The summed E-state index contributed by atoms with van der Waals surface area (Å²) in [4.78, 5) is 29.5. The zero-order valence-electron chi connectivity index (χ0n) is 14.1. The van der Waals surface area contributed by atoms with Gasteiger partial charge in [-0.05, 0) is 11.6 Å². The van der Waals surface area contributed by atoms with E-state index in [-0.39, 0.29) is 0 Å². The lowest BCUT2D eigenvalue weighted by atomic mass is 9.96. The van der Waals surface area contributed by atoms with Crippen molar-refractivity contribution in [3.8, 4) is 0 Å². The van der Waals surface area contributed by atoms with Crippen molar-refractivity contribution < 1.29 is 42.8 Å². The van der Waals surface area contributed by atoms with Crippen molar-refractivity contribution in [2.75, 3.05) is 6.54 Å². The molecule has 14 heteroatoms. The summed E-state index contributed by atoms with van der Waals surface area (Å²) in [5.74, 6) is -1.85. The van der Waals surface area contributed by atoms with Crippen LogP contribution < -0.4 is 10.6 Å². The molecule has 156 valence electrons. The van der Waals surface area contributed by atoms with Crippen LogP contribution in [0.3, 0.4) is 0 Å². The van der Waals surface area contributed by atoms with Crippen molar-refractivity contribution in [1.29, 1.82) is 0 Å². The normalized spacial score (nSPS) is 27.9. The molecule has 0 bridgehead atoms. The van der Waals surface area contributed by atoms with Crippen LogP contribution in [0.4, 0.5) is 13.2 Å². The Bertz CT molecular complexity index is 752. The third-order valence-electron chi connectivity index (χ3n) is 3.83. The molecule has 1 fully saturated rings. The van der Waals surface area contributed by atoms with Crippen LogP contribution in [0, 0.1) is 0 Å². The Morgan fingerprint density at radius 1 is 1.29 bits per heavy atom. The predicted octanol–water partition coefficient (Wildman–Crippen LogP) is -1.18. The molecule has 0 saturated carbocycles. The molecule has 0 aromatic carbocycles. The van der Waals surface area contributed by atoms with Gasteiger partial charge < -0.3 is 30.7 Å². The average Bonchev–Trinajstić information content (AvgIpc) is 2.59. The molecular formula is C14H16ClF3N4O6. The topological polar surface area (TPSA) is 154 Å². The highest BCUT2D eigenvalue weighted by molar-refractivity contribution is 6.28. The van der Waals surface area contributed by atoms with E-state index in [4.69, 9.17) is 16.3 Å². The van der Waals surface area contributed by atoms with Crippen molar-refractivity contribution in [3.63, 3.8) is 0 Å². The van der Waals surface area contributed by atoms with Gasteiger partial charge in [-0.2, -0.15) is 13.2 Å². The molecule has 5 N–H and O–H groups in total. The molecule has 1 aliphatic rings. The first-order chi connectivity index (χ1) is 12.9. The Morgan fingerprint density at radius 3 is 2.50 bits per heavy atom. The third kappa shape index (κ3) is 5.05. The number of nitrogens with one attached hydrogen (secondary N) is 2. The number of nitrogens with zero attached hydrogens (tertiary/aromatic N) is 2. The largest absolute Gasteiger partial charge is 0.434 e. The molecule has 1 aromatic heterocycles. The van der Waals surface area contributed by atoms with Gasteiger partial charge in [-0.1, -0.05) is 0 Å². The van der Waals surface area contributed by atoms with Crippen LogP contribution in [0.25, 0.3) is 0 Å². The molecule has 1 aliphatic heterocycles. The summed E-state index contributed by atoms with van der Waals surface area (Å²) in [6.07, 6.45) is -10.8. The Balaban J connectivity index is 2.09. The van der Waals surface area contributed by atoms with Gasteiger partial charge in [0.15, 0.2) is 12.0 Å². The maximum Gasteiger partial charge on any atom is 0.434 e. The van der Waals surface area contributed by atoms with Crippen LogP contribution >= 0.6 is 11.6 Å². The van der Waals surface area contributed by atoms with Crippen molar-refractivity contribution in [2.45, 2.75) is 43.7 Å². The minimum atomic E-state index is -4.97. The summed E-state index contributed by atoms with van der Waals surface area (Å²) in [6, 6.07) is -1.33. The fourth-order valence-corrected chi connectivity index (χ4v) is 2.67. The van der Waals surface area contributed by atoms with E-state index in [0.717, 1.165) is 6.92 Å². The lowest BCUT2D eigenvalue weighted by Gasteiger charge is -2.40. The minimum absolute atomic E-state index is 0.569. The smallest absolute Gasteiger partial charge is 0.388 e. The van der Waals surface area contributed by atoms with Crippen molar-refractivity contribution >= 4 is 23.4 Å². The number of hydrogen-bond acceptors (Lipinski definition) is 8. The summed E-state index contributed by atoms with van der Waals surface area (Å²) in [7, 11) is 0. The molecule has 2 amide bonds. The lowest BCUT2D eigenvalue weighted by molar-refractivity contribution is -0.245. The Kier molecular flexibility index (Phi) is 6.77. The van der Waals surface area contributed by atoms with Crippen LogP contribution in [-0.2, 0) is 15.7 Å². The highest BCUT2D eigenvalue weighted by Crippen LogP contribution is 2.30. The van der Waals surface area contributed by atoms with E-state index in [1.807, 2.05) is 0 Å². The Labute approximate surface area is 160 Å². The molecule has 1 aromatic rings. The molecule has 0 aliphatic carbocycles. The molecular weight excluding hydrogens is 413 g/mol. The number of amides is 2. The Hall–Kier alpha value is -2.06. The molecule has 0 unspecified atom stereocenters. The number of halogens is 4. The predicted molar refractivity (Wildman–Crippen MR) is 84.9 cm³/mol. The molecule has 5 atom stereocenters. The number of ether oxygens (including phenoxy) is 1. The first-order valence-corrected chi connectivity index (χ1v) is 8.14. The first kappa shape index (κ1) is 22.2. The summed E-state index contributed by atoms with van der Waals surface area (Å²) in [6.45, 7) is 0.547. The summed E-state index contributed by atoms with van der Waals surface area (Å²) in [5, 5.41) is 33.4. The maximum atomic E-state index is 13.0. The molecule has 0 spiro atoms. The van der Waals surface area contributed by atoms with E-state index in [2.05, 4.69) is 20.6 Å². The number of aromatic nitrogens is 2. The number of carbonyl (C=O) groups excluding carboxylic acids is 2. The van der Waals surface area contributed by atoms with Gasteiger partial charge in [-0.3, -0.25) is 9.59 Å². The van der Waals surface area contributed by atoms with Gasteiger partial charge in [-0.25, -0.2) is 9.97 Å². The SMILES string of the molecule is CC(=O)N[C@@H]1[C@@H](O)[C@@H](O)[C@@H](CNC(=O)c2cnc(Cl)nc2C(F)(F)F)O[C@H]1O. The summed E-state index contributed by atoms with van der Waals surface area (Å²) >= 11 is 5.33. The van der Waals surface area contributed by atoms with Gasteiger partial charge in [0, 0.05) is 19.7 Å². The van der Waals surface area contributed by atoms with Crippen LogP contribution in [0.15, 0.2) is 6.20 Å². The second kappa shape index (κ2) is 8.53. The van der Waals surface area contributed by atoms with Crippen molar-refractivity contribution in [3.05, 3.63) is 22.7 Å². The van der Waals surface area contributed by atoms with E-state index in [1.54, 1.807) is 0 Å². The Morgan fingerprint density at radius 2 is 1.93 bits per heavy atom.